The van der Waals surface area contributed by atoms with Crippen molar-refractivity contribution in [2.75, 3.05) is 18.4 Å². The highest BCUT2D eigenvalue weighted by Crippen LogP contribution is 2.31. The molecule has 2 aromatic heterocycles. The lowest BCUT2D eigenvalue weighted by Crippen LogP contribution is -2.26. The topological polar surface area (TPSA) is 67.2 Å². The van der Waals surface area contributed by atoms with E-state index in [1.807, 2.05) is 26.1 Å². The first-order chi connectivity index (χ1) is 10.1. The summed E-state index contributed by atoms with van der Waals surface area (Å²) in [5.41, 5.74) is 0.847. The SMILES string of the molecule is Cc1cc(C)c(C(=O)Nc2ncc(C3CCNCC3)s2)o1. The maximum atomic E-state index is 12.2. The summed E-state index contributed by atoms with van der Waals surface area (Å²) >= 11 is 1.56. The smallest absolute Gasteiger partial charge is 0.293 e. The van der Waals surface area contributed by atoms with E-state index in [0.717, 1.165) is 37.3 Å². The van der Waals surface area contributed by atoms with Crippen LogP contribution in [0, 0.1) is 13.8 Å². The maximum absolute atomic E-state index is 12.2. The zero-order valence-electron chi connectivity index (χ0n) is 12.2. The maximum Gasteiger partial charge on any atom is 0.293 e. The Balaban J connectivity index is 1.69. The Kier molecular flexibility index (Phi) is 4.07. The number of furan rings is 1. The van der Waals surface area contributed by atoms with Crippen LogP contribution in [0.3, 0.4) is 0 Å². The van der Waals surface area contributed by atoms with Gasteiger partial charge in [-0.25, -0.2) is 4.98 Å². The fourth-order valence-electron chi connectivity index (χ4n) is 2.66. The molecule has 3 heterocycles. The molecule has 1 saturated heterocycles. The lowest BCUT2D eigenvalue weighted by Gasteiger charge is -2.20. The number of anilines is 1. The van der Waals surface area contributed by atoms with Crippen molar-refractivity contribution in [1.82, 2.24) is 10.3 Å². The highest BCUT2D eigenvalue weighted by atomic mass is 32.1. The number of nitrogens with zero attached hydrogens (tertiary/aromatic N) is 1. The lowest BCUT2D eigenvalue weighted by atomic mass is 9.97. The number of hydrogen-bond donors (Lipinski definition) is 2. The molecule has 1 aliphatic rings. The van der Waals surface area contributed by atoms with Gasteiger partial charge < -0.3 is 9.73 Å². The largest absolute Gasteiger partial charge is 0.456 e. The summed E-state index contributed by atoms with van der Waals surface area (Å²) in [4.78, 5) is 17.8. The van der Waals surface area contributed by atoms with Crippen molar-refractivity contribution in [3.63, 3.8) is 0 Å². The molecule has 0 saturated carbocycles. The standard InChI is InChI=1S/C15H19N3O2S/c1-9-7-10(2)20-13(9)14(19)18-15-17-8-12(21-15)11-3-5-16-6-4-11/h7-8,11,16H,3-6H2,1-2H3,(H,17,18,19). The molecule has 0 unspecified atom stereocenters. The van der Waals surface area contributed by atoms with Crippen molar-refractivity contribution in [3.05, 3.63) is 34.2 Å². The third kappa shape index (κ3) is 3.16. The first kappa shape index (κ1) is 14.3. The molecule has 0 aromatic carbocycles. The van der Waals surface area contributed by atoms with Gasteiger partial charge in [0.1, 0.15) is 5.76 Å². The predicted molar refractivity (Wildman–Crippen MR) is 83.1 cm³/mol. The van der Waals surface area contributed by atoms with Crippen molar-refractivity contribution >= 4 is 22.4 Å². The number of amides is 1. The van der Waals surface area contributed by atoms with E-state index >= 15 is 0 Å². The van der Waals surface area contributed by atoms with E-state index in [-0.39, 0.29) is 5.91 Å². The Morgan fingerprint density at radius 2 is 2.19 bits per heavy atom. The van der Waals surface area contributed by atoms with Crippen molar-refractivity contribution in [3.8, 4) is 0 Å². The van der Waals surface area contributed by atoms with Crippen LogP contribution < -0.4 is 10.6 Å². The van der Waals surface area contributed by atoms with Crippen molar-refractivity contribution in [2.24, 2.45) is 0 Å². The number of hydrogen-bond acceptors (Lipinski definition) is 5. The third-order valence-electron chi connectivity index (χ3n) is 3.73. The van der Waals surface area contributed by atoms with Crippen molar-refractivity contribution < 1.29 is 9.21 Å². The number of aryl methyl sites for hydroxylation is 2. The molecule has 1 amide bonds. The van der Waals surface area contributed by atoms with Crippen molar-refractivity contribution in [1.29, 1.82) is 0 Å². The minimum absolute atomic E-state index is 0.230. The number of carbonyl (C=O) groups is 1. The van der Waals surface area contributed by atoms with E-state index in [4.69, 9.17) is 4.42 Å². The van der Waals surface area contributed by atoms with Crippen LogP contribution in [0.25, 0.3) is 0 Å². The van der Waals surface area contributed by atoms with Crippen molar-refractivity contribution in [2.45, 2.75) is 32.6 Å². The number of thiazole rings is 1. The van der Waals surface area contributed by atoms with E-state index < -0.39 is 0 Å². The summed E-state index contributed by atoms with van der Waals surface area (Å²) in [6.45, 7) is 5.81. The molecule has 0 spiro atoms. The second kappa shape index (κ2) is 5.99. The van der Waals surface area contributed by atoms with Gasteiger partial charge in [0.25, 0.3) is 5.91 Å². The van der Waals surface area contributed by atoms with Gasteiger partial charge in [-0.15, -0.1) is 11.3 Å². The van der Waals surface area contributed by atoms with Crippen LogP contribution in [-0.4, -0.2) is 24.0 Å². The van der Waals surface area contributed by atoms with Crippen LogP contribution in [0.5, 0.6) is 0 Å². The molecule has 112 valence electrons. The number of rotatable bonds is 3. The molecule has 3 rings (SSSR count). The molecule has 2 aromatic rings. The Labute approximate surface area is 127 Å². The second-order valence-electron chi connectivity index (χ2n) is 5.42. The predicted octanol–water partition coefficient (Wildman–Crippen LogP) is 3.07. The van der Waals surface area contributed by atoms with E-state index in [2.05, 4.69) is 15.6 Å². The van der Waals surface area contributed by atoms with Crippen LogP contribution in [0.1, 0.15) is 45.5 Å². The number of piperidine rings is 1. The monoisotopic (exact) mass is 305 g/mol. The minimum Gasteiger partial charge on any atom is -0.456 e. The molecule has 2 N–H and O–H groups in total. The second-order valence-corrected chi connectivity index (χ2v) is 6.48. The van der Waals surface area contributed by atoms with Gasteiger partial charge in [0.2, 0.25) is 0 Å². The number of carbonyl (C=O) groups excluding carboxylic acids is 1. The molecule has 1 aliphatic heterocycles. The molecule has 0 aliphatic carbocycles. The molecule has 5 nitrogen and oxygen atoms in total. The van der Waals surface area contributed by atoms with Crippen LogP contribution in [-0.2, 0) is 0 Å². The zero-order valence-corrected chi connectivity index (χ0v) is 13.0. The first-order valence-corrected chi connectivity index (χ1v) is 8.00. The van der Waals surface area contributed by atoms with E-state index in [9.17, 15) is 4.79 Å². The highest BCUT2D eigenvalue weighted by molar-refractivity contribution is 7.15. The molecule has 1 fully saturated rings. The average molecular weight is 305 g/mol. The fourth-order valence-corrected chi connectivity index (χ4v) is 3.64. The summed E-state index contributed by atoms with van der Waals surface area (Å²) in [6, 6.07) is 1.86. The Morgan fingerprint density at radius 3 is 2.86 bits per heavy atom. The summed E-state index contributed by atoms with van der Waals surface area (Å²) < 4.78 is 5.43. The quantitative estimate of drug-likeness (QED) is 0.914. The van der Waals surface area contributed by atoms with E-state index in [0.29, 0.717) is 16.8 Å². The molecule has 6 heteroatoms. The van der Waals surface area contributed by atoms with E-state index in [1.54, 1.807) is 11.3 Å². The minimum atomic E-state index is -0.230. The van der Waals surface area contributed by atoms with Gasteiger partial charge in [0.05, 0.1) is 0 Å². The first-order valence-electron chi connectivity index (χ1n) is 7.18. The lowest BCUT2D eigenvalue weighted by molar-refractivity contribution is 0.0994. The van der Waals surface area contributed by atoms with Gasteiger partial charge in [0.15, 0.2) is 10.9 Å². The van der Waals surface area contributed by atoms with Gasteiger partial charge in [-0.1, -0.05) is 0 Å². The van der Waals surface area contributed by atoms with Gasteiger partial charge in [-0.05, 0) is 51.8 Å². The molecule has 21 heavy (non-hydrogen) atoms. The Hall–Kier alpha value is -1.66. The van der Waals surface area contributed by atoms with Gasteiger partial charge >= 0.3 is 0 Å². The summed E-state index contributed by atoms with van der Waals surface area (Å²) in [6.07, 6.45) is 4.15. The van der Waals surface area contributed by atoms with Gasteiger partial charge in [-0.2, -0.15) is 0 Å². The summed E-state index contributed by atoms with van der Waals surface area (Å²) in [5.74, 6) is 1.44. The van der Waals surface area contributed by atoms with Crippen LogP contribution in [0.15, 0.2) is 16.7 Å². The fraction of sp³-hybridized carbons (Fsp3) is 0.467. The molecule has 0 bridgehead atoms. The summed E-state index contributed by atoms with van der Waals surface area (Å²) in [7, 11) is 0. The summed E-state index contributed by atoms with van der Waals surface area (Å²) in [5, 5.41) is 6.83. The van der Waals surface area contributed by atoms with Gasteiger partial charge in [-0.3, -0.25) is 10.1 Å². The third-order valence-corrected chi connectivity index (χ3v) is 4.81. The number of nitrogens with one attached hydrogen (secondary N) is 2. The molecule has 0 atom stereocenters. The number of aromatic nitrogens is 1. The normalized spacial score (nSPS) is 16.1. The molecular formula is C15H19N3O2S. The molecular weight excluding hydrogens is 286 g/mol. The van der Waals surface area contributed by atoms with Crippen LogP contribution in [0.4, 0.5) is 5.13 Å². The van der Waals surface area contributed by atoms with E-state index in [1.165, 1.54) is 4.88 Å². The van der Waals surface area contributed by atoms with Crippen LogP contribution in [0.2, 0.25) is 0 Å². The average Bonchev–Trinajstić information content (AvgIpc) is 3.06. The highest BCUT2D eigenvalue weighted by Gasteiger charge is 2.20. The van der Waals surface area contributed by atoms with Crippen LogP contribution >= 0.6 is 11.3 Å². The Bertz CT molecular complexity index is 641. The zero-order chi connectivity index (χ0) is 14.8. The van der Waals surface area contributed by atoms with Gasteiger partial charge in [0, 0.05) is 16.6 Å². The molecule has 0 radical (unpaired) electrons. The Morgan fingerprint density at radius 1 is 1.43 bits per heavy atom.